The number of halogens is 2. The van der Waals surface area contributed by atoms with Gasteiger partial charge in [0.1, 0.15) is 18.1 Å². The number of aromatic nitrogens is 3. The van der Waals surface area contributed by atoms with Gasteiger partial charge >= 0.3 is 11.9 Å². The van der Waals surface area contributed by atoms with E-state index in [2.05, 4.69) is 20.3 Å². The van der Waals surface area contributed by atoms with E-state index in [1.54, 1.807) is 6.92 Å². The van der Waals surface area contributed by atoms with E-state index < -0.39 is 17.7 Å². The van der Waals surface area contributed by atoms with Crippen molar-refractivity contribution in [2.75, 3.05) is 37.0 Å². The molecular weight excluding hydrogens is 565 g/mol. The minimum atomic E-state index is -0.692. The molecule has 0 aliphatic carbocycles. The fourth-order valence-corrected chi connectivity index (χ4v) is 5.33. The summed E-state index contributed by atoms with van der Waals surface area (Å²) in [7, 11) is 1.30. The summed E-state index contributed by atoms with van der Waals surface area (Å²) in [5.74, 6) is -1.58. The minimum Gasteiger partial charge on any atom is -0.492 e. The lowest BCUT2D eigenvalue weighted by molar-refractivity contribution is -0.148. The van der Waals surface area contributed by atoms with Crippen molar-refractivity contribution >= 4 is 51.7 Å². The second kappa shape index (κ2) is 13.0. The monoisotopic (exact) mass is 591 g/mol. The number of ether oxygens (including phenoxy) is 3. The first-order valence-corrected chi connectivity index (χ1v) is 13.6. The molecule has 2 aromatic heterocycles. The molecule has 3 aromatic rings. The molecule has 1 amide bonds. The summed E-state index contributed by atoms with van der Waals surface area (Å²) in [6, 6.07) is 2.67. The molecule has 1 fully saturated rings. The van der Waals surface area contributed by atoms with Crippen molar-refractivity contribution in [2.24, 2.45) is 5.92 Å². The number of piperidine rings is 1. The van der Waals surface area contributed by atoms with Crippen LogP contribution in [0.3, 0.4) is 0 Å². The highest BCUT2D eigenvalue weighted by Crippen LogP contribution is 2.37. The molecule has 4 rings (SSSR count). The van der Waals surface area contributed by atoms with Crippen LogP contribution < -0.4 is 15.0 Å². The van der Waals surface area contributed by atoms with Gasteiger partial charge in [0.15, 0.2) is 16.7 Å². The fraction of sp³-hybridized carbons (Fsp3) is 0.385. The smallest absolute Gasteiger partial charge is 0.309 e. The lowest BCUT2D eigenvalue weighted by Crippen LogP contribution is -2.37. The molecule has 3 heterocycles. The van der Waals surface area contributed by atoms with Gasteiger partial charge in [0.25, 0.3) is 5.91 Å². The molecule has 1 saturated heterocycles. The van der Waals surface area contributed by atoms with E-state index in [-0.39, 0.29) is 45.8 Å². The third-order valence-electron chi connectivity index (χ3n) is 6.11. The largest absolute Gasteiger partial charge is 0.492 e. The first kappa shape index (κ1) is 29.2. The Balaban J connectivity index is 1.47. The standard InChI is InChI=1S/C26H27ClFN5O6S/c1-4-38-25(36)15-5-7-33(8-6-15)21-12-29-19(11-30-21)24(35)32-26-31-22(20(40-26)13-39-14(2)34)16-9-17(27)23(37-3)18(28)10-16/h9-12,15H,4-8,13H2,1-3H3,(H,31,32,35). The SMILES string of the molecule is CCOC(=O)C1CCN(c2cnc(C(=O)Nc3nc(-c4cc(F)c(OC)c(Cl)c4)c(COC(C)=O)s3)cn2)CC1. The van der Waals surface area contributed by atoms with E-state index in [0.717, 1.165) is 11.3 Å². The van der Waals surface area contributed by atoms with Crippen LogP contribution in [0.15, 0.2) is 24.5 Å². The molecule has 0 unspecified atom stereocenters. The predicted octanol–water partition coefficient (Wildman–Crippen LogP) is 4.50. The van der Waals surface area contributed by atoms with E-state index in [0.29, 0.717) is 48.8 Å². The Morgan fingerprint density at radius 3 is 2.52 bits per heavy atom. The van der Waals surface area contributed by atoms with Crippen molar-refractivity contribution < 1.29 is 33.0 Å². The number of benzene rings is 1. The minimum absolute atomic E-state index is 0.0370. The van der Waals surface area contributed by atoms with Gasteiger partial charge in [-0.25, -0.2) is 19.3 Å². The zero-order chi connectivity index (χ0) is 28.8. The normalized spacial score (nSPS) is 13.6. The first-order chi connectivity index (χ1) is 19.2. The summed E-state index contributed by atoms with van der Waals surface area (Å²) >= 11 is 7.22. The Labute approximate surface area is 238 Å². The van der Waals surface area contributed by atoms with E-state index in [1.807, 2.05) is 4.90 Å². The third kappa shape index (κ3) is 6.83. The Hall–Kier alpha value is -3.84. The Morgan fingerprint density at radius 1 is 1.18 bits per heavy atom. The molecule has 0 saturated carbocycles. The van der Waals surface area contributed by atoms with Gasteiger partial charge in [0, 0.05) is 25.6 Å². The number of anilines is 2. The van der Waals surface area contributed by atoms with Crippen molar-refractivity contribution in [3.63, 3.8) is 0 Å². The molecule has 0 atom stereocenters. The van der Waals surface area contributed by atoms with Crippen LogP contribution in [0.5, 0.6) is 5.75 Å². The zero-order valence-electron chi connectivity index (χ0n) is 22.0. The number of amides is 1. The van der Waals surface area contributed by atoms with Gasteiger partial charge in [-0.1, -0.05) is 22.9 Å². The number of nitrogens with zero attached hydrogens (tertiary/aromatic N) is 4. The van der Waals surface area contributed by atoms with E-state index >= 15 is 0 Å². The van der Waals surface area contributed by atoms with E-state index in [4.69, 9.17) is 25.8 Å². The molecule has 40 heavy (non-hydrogen) atoms. The van der Waals surface area contributed by atoms with Gasteiger partial charge in [-0.2, -0.15) is 0 Å². The van der Waals surface area contributed by atoms with Crippen LogP contribution in [-0.2, 0) is 25.7 Å². The predicted molar refractivity (Wildman–Crippen MR) is 146 cm³/mol. The highest BCUT2D eigenvalue weighted by atomic mass is 35.5. The number of esters is 2. The number of rotatable bonds is 9. The summed E-state index contributed by atoms with van der Waals surface area (Å²) < 4.78 is 29.7. The second-order valence-electron chi connectivity index (χ2n) is 8.77. The molecule has 1 aliphatic heterocycles. The Kier molecular flexibility index (Phi) is 9.48. The summed E-state index contributed by atoms with van der Waals surface area (Å²) in [5, 5.41) is 2.89. The highest BCUT2D eigenvalue weighted by Gasteiger charge is 2.27. The molecule has 0 bridgehead atoms. The van der Waals surface area contributed by atoms with Gasteiger partial charge in [-0.05, 0) is 31.9 Å². The maximum atomic E-state index is 14.5. The van der Waals surface area contributed by atoms with Crippen LogP contribution in [0.2, 0.25) is 5.02 Å². The van der Waals surface area contributed by atoms with Crippen LogP contribution >= 0.6 is 22.9 Å². The van der Waals surface area contributed by atoms with Crippen LogP contribution in [0.1, 0.15) is 42.1 Å². The van der Waals surface area contributed by atoms with Gasteiger partial charge < -0.3 is 19.1 Å². The average Bonchev–Trinajstić information content (AvgIpc) is 3.34. The van der Waals surface area contributed by atoms with Crippen molar-refractivity contribution in [3.05, 3.63) is 45.9 Å². The highest BCUT2D eigenvalue weighted by molar-refractivity contribution is 7.16. The average molecular weight is 592 g/mol. The lowest BCUT2D eigenvalue weighted by atomic mass is 9.97. The quantitative estimate of drug-likeness (QED) is 0.355. The topological polar surface area (TPSA) is 133 Å². The number of nitrogens with one attached hydrogen (secondary N) is 1. The molecule has 0 spiro atoms. The van der Waals surface area contributed by atoms with Crippen LogP contribution in [-0.4, -0.2) is 59.6 Å². The third-order valence-corrected chi connectivity index (χ3v) is 7.33. The van der Waals surface area contributed by atoms with Crippen molar-refractivity contribution in [2.45, 2.75) is 33.3 Å². The molecule has 0 radical (unpaired) electrons. The van der Waals surface area contributed by atoms with Crippen molar-refractivity contribution in [1.82, 2.24) is 15.0 Å². The maximum absolute atomic E-state index is 14.5. The van der Waals surface area contributed by atoms with Crippen molar-refractivity contribution in [3.8, 4) is 17.0 Å². The van der Waals surface area contributed by atoms with Crippen LogP contribution in [0, 0.1) is 11.7 Å². The first-order valence-electron chi connectivity index (χ1n) is 12.4. The Bertz CT molecular complexity index is 1370. The zero-order valence-corrected chi connectivity index (χ0v) is 23.6. The number of methoxy groups -OCH3 is 1. The number of hydrogen-bond acceptors (Lipinski definition) is 11. The number of carbonyl (C=O) groups excluding carboxylic acids is 3. The van der Waals surface area contributed by atoms with Crippen LogP contribution in [0.25, 0.3) is 11.3 Å². The van der Waals surface area contributed by atoms with Gasteiger partial charge in [0.05, 0.1) is 47.6 Å². The van der Waals surface area contributed by atoms with Gasteiger partial charge in [-0.3, -0.25) is 19.7 Å². The number of carbonyl (C=O) groups is 3. The molecule has 1 aromatic carbocycles. The fourth-order valence-electron chi connectivity index (χ4n) is 4.15. The van der Waals surface area contributed by atoms with Gasteiger partial charge in [-0.15, -0.1) is 0 Å². The van der Waals surface area contributed by atoms with Gasteiger partial charge in [0.2, 0.25) is 0 Å². The molecule has 11 nitrogen and oxygen atoms in total. The summed E-state index contributed by atoms with van der Waals surface area (Å²) in [6.07, 6.45) is 4.15. The van der Waals surface area contributed by atoms with E-state index in [9.17, 15) is 18.8 Å². The maximum Gasteiger partial charge on any atom is 0.309 e. The number of hydrogen-bond donors (Lipinski definition) is 1. The molecule has 1 aliphatic rings. The Morgan fingerprint density at radius 2 is 1.93 bits per heavy atom. The van der Waals surface area contributed by atoms with Crippen molar-refractivity contribution in [1.29, 1.82) is 0 Å². The molecular formula is C26H27ClFN5O6S. The lowest BCUT2D eigenvalue weighted by Gasteiger charge is -2.31. The molecule has 212 valence electrons. The van der Waals surface area contributed by atoms with E-state index in [1.165, 1.54) is 38.6 Å². The summed E-state index contributed by atoms with van der Waals surface area (Å²) in [5.41, 5.74) is 0.665. The van der Waals surface area contributed by atoms with Crippen LogP contribution in [0.4, 0.5) is 15.3 Å². The molecule has 14 heteroatoms. The molecule has 1 N–H and O–H groups in total. The summed E-state index contributed by atoms with van der Waals surface area (Å²) in [4.78, 5) is 51.8. The number of thiazole rings is 1. The summed E-state index contributed by atoms with van der Waals surface area (Å²) in [6.45, 7) is 4.51. The second-order valence-corrected chi connectivity index (χ2v) is 10.3.